The van der Waals surface area contributed by atoms with Crippen LogP contribution in [-0.2, 0) is 4.79 Å². The molecular weight excluding hydrogens is 368 g/mol. The maximum Gasteiger partial charge on any atom is 0.312 e. The Kier molecular flexibility index (Phi) is 5.68. The zero-order valence-electron chi connectivity index (χ0n) is 14.2. The van der Waals surface area contributed by atoms with Gasteiger partial charge in [0.2, 0.25) is 5.91 Å². The Balaban J connectivity index is 1.69. The fourth-order valence-corrected chi connectivity index (χ4v) is 2.83. The summed E-state index contributed by atoms with van der Waals surface area (Å²) in [5.74, 6) is 0.310. The number of nitrogens with two attached hydrogens (primary N) is 1. The number of amides is 3. The highest BCUT2D eigenvalue weighted by atomic mass is 35.5. The van der Waals surface area contributed by atoms with E-state index in [1.807, 2.05) is 0 Å². The van der Waals surface area contributed by atoms with Crippen molar-refractivity contribution in [2.75, 3.05) is 5.32 Å². The third-order valence-corrected chi connectivity index (χ3v) is 4.10. The molecule has 1 aromatic carbocycles. The van der Waals surface area contributed by atoms with Crippen LogP contribution in [0.4, 0.5) is 10.5 Å². The third kappa shape index (κ3) is 4.83. The second kappa shape index (κ2) is 8.33. The van der Waals surface area contributed by atoms with Crippen molar-refractivity contribution in [1.82, 2.24) is 20.1 Å². The first-order valence-electron chi connectivity index (χ1n) is 8.09. The molecule has 1 atom stereocenters. The number of urea groups is 1. The topological polar surface area (TPSA) is 115 Å². The number of hydrogen-bond acceptors (Lipinski definition) is 4. The lowest BCUT2D eigenvalue weighted by Gasteiger charge is -2.19. The van der Waals surface area contributed by atoms with Crippen LogP contribution >= 0.6 is 11.6 Å². The minimum absolute atomic E-state index is 0.0341. The van der Waals surface area contributed by atoms with Crippen LogP contribution in [0.3, 0.4) is 0 Å². The van der Waals surface area contributed by atoms with Gasteiger partial charge in [-0.15, -0.1) is 0 Å². The molecule has 0 bridgehead atoms. The minimum Gasteiger partial charge on any atom is -0.352 e. The third-order valence-electron chi connectivity index (χ3n) is 3.76. The molecule has 0 aliphatic carbocycles. The first-order chi connectivity index (χ1) is 13.0. The zero-order valence-corrected chi connectivity index (χ0v) is 14.9. The van der Waals surface area contributed by atoms with E-state index in [0.29, 0.717) is 22.1 Å². The molecule has 4 N–H and O–H groups in total. The number of carbonyl (C=O) groups is 2. The summed E-state index contributed by atoms with van der Waals surface area (Å²) < 4.78 is 1.61. The Morgan fingerprint density at radius 2 is 2.00 bits per heavy atom. The minimum atomic E-state index is -0.738. The van der Waals surface area contributed by atoms with Crippen LogP contribution in [0.5, 0.6) is 0 Å². The van der Waals surface area contributed by atoms with Crippen LogP contribution in [0.2, 0.25) is 5.02 Å². The van der Waals surface area contributed by atoms with Crippen LogP contribution in [-0.4, -0.2) is 26.7 Å². The van der Waals surface area contributed by atoms with E-state index in [2.05, 4.69) is 20.7 Å². The molecule has 0 aliphatic rings. The molecule has 2 heterocycles. The van der Waals surface area contributed by atoms with Gasteiger partial charge in [-0.1, -0.05) is 29.8 Å². The Morgan fingerprint density at radius 1 is 1.19 bits per heavy atom. The SMILES string of the molecule is NC(=O)N[C@@H](CC(=O)Nc1ccc(-n2cccn2)nc1)c1ccccc1Cl. The van der Waals surface area contributed by atoms with Gasteiger partial charge in [-0.2, -0.15) is 5.10 Å². The molecule has 9 heteroatoms. The standard InChI is InChI=1S/C18H17ClN6O2/c19-14-5-2-1-4-13(14)15(24-18(20)27)10-17(26)23-12-6-7-16(21-11-12)25-9-3-8-22-25/h1-9,11,15H,10H2,(H,23,26)(H3,20,24,27)/t15-/m0/s1. The van der Waals surface area contributed by atoms with E-state index in [-0.39, 0.29) is 12.3 Å². The van der Waals surface area contributed by atoms with E-state index in [1.165, 1.54) is 6.20 Å². The van der Waals surface area contributed by atoms with Crippen molar-refractivity contribution >= 4 is 29.2 Å². The monoisotopic (exact) mass is 384 g/mol. The van der Waals surface area contributed by atoms with E-state index in [1.54, 1.807) is 59.5 Å². The first kappa shape index (κ1) is 18.4. The number of rotatable bonds is 6. The summed E-state index contributed by atoms with van der Waals surface area (Å²) in [5.41, 5.74) is 6.36. The summed E-state index contributed by atoms with van der Waals surface area (Å²) >= 11 is 6.17. The number of carbonyl (C=O) groups excluding carboxylic acids is 2. The van der Waals surface area contributed by atoms with Crippen molar-refractivity contribution in [1.29, 1.82) is 0 Å². The molecule has 3 aromatic rings. The number of pyridine rings is 1. The van der Waals surface area contributed by atoms with E-state index in [0.717, 1.165) is 0 Å². The van der Waals surface area contributed by atoms with Crippen LogP contribution in [0.1, 0.15) is 18.0 Å². The molecule has 0 aliphatic heterocycles. The molecule has 138 valence electrons. The molecule has 0 unspecified atom stereocenters. The van der Waals surface area contributed by atoms with Crippen molar-refractivity contribution < 1.29 is 9.59 Å². The number of nitrogens with zero attached hydrogens (tertiary/aromatic N) is 3. The Bertz CT molecular complexity index is 927. The quantitative estimate of drug-likeness (QED) is 0.605. The van der Waals surface area contributed by atoms with Gasteiger partial charge < -0.3 is 16.4 Å². The van der Waals surface area contributed by atoms with Gasteiger partial charge in [0.05, 0.1) is 24.3 Å². The van der Waals surface area contributed by atoms with Gasteiger partial charge in [0.1, 0.15) is 0 Å². The van der Waals surface area contributed by atoms with Gasteiger partial charge in [0.25, 0.3) is 0 Å². The van der Waals surface area contributed by atoms with Gasteiger partial charge in [-0.05, 0) is 29.8 Å². The van der Waals surface area contributed by atoms with Crippen LogP contribution in [0, 0.1) is 0 Å². The smallest absolute Gasteiger partial charge is 0.312 e. The molecular formula is C18H17ClN6O2. The lowest BCUT2D eigenvalue weighted by molar-refractivity contribution is -0.116. The maximum absolute atomic E-state index is 12.4. The lowest BCUT2D eigenvalue weighted by Crippen LogP contribution is -2.35. The van der Waals surface area contributed by atoms with E-state index in [4.69, 9.17) is 17.3 Å². The summed E-state index contributed by atoms with van der Waals surface area (Å²) in [4.78, 5) is 28.0. The molecule has 0 spiro atoms. The summed E-state index contributed by atoms with van der Waals surface area (Å²) in [6.45, 7) is 0. The molecule has 27 heavy (non-hydrogen) atoms. The number of primary amides is 1. The first-order valence-corrected chi connectivity index (χ1v) is 8.47. The highest BCUT2D eigenvalue weighted by Crippen LogP contribution is 2.25. The number of aromatic nitrogens is 3. The number of benzene rings is 1. The number of anilines is 1. The largest absolute Gasteiger partial charge is 0.352 e. The van der Waals surface area contributed by atoms with E-state index < -0.39 is 12.1 Å². The Hall–Kier alpha value is -3.39. The molecule has 0 fully saturated rings. The van der Waals surface area contributed by atoms with Crippen LogP contribution < -0.4 is 16.4 Å². The normalized spacial score (nSPS) is 11.6. The van der Waals surface area contributed by atoms with Crippen LogP contribution in [0.25, 0.3) is 5.82 Å². The summed E-state index contributed by atoms with van der Waals surface area (Å²) in [6, 6.07) is 10.8. The summed E-state index contributed by atoms with van der Waals surface area (Å²) in [5, 5.41) is 9.82. The molecule has 8 nitrogen and oxygen atoms in total. The number of nitrogens with one attached hydrogen (secondary N) is 2. The van der Waals surface area contributed by atoms with Crippen molar-refractivity contribution in [3.8, 4) is 5.82 Å². The molecule has 3 amide bonds. The van der Waals surface area contributed by atoms with Gasteiger partial charge >= 0.3 is 6.03 Å². The van der Waals surface area contributed by atoms with Gasteiger partial charge in [-0.25, -0.2) is 14.5 Å². The van der Waals surface area contributed by atoms with Gasteiger partial charge in [-0.3, -0.25) is 4.79 Å². The summed E-state index contributed by atoms with van der Waals surface area (Å²) in [6.07, 6.45) is 4.91. The molecule has 3 rings (SSSR count). The molecule has 0 saturated heterocycles. The van der Waals surface area contributed by atoms with Crippen molar-refractivity contribution in [2.45, 2.75) is 12.5 Å². The second-order valence-corrected chi connectivity index (χ2v) is 6.10. The van der Waals surface area contributed by atoms with Gasteiger partial charge in [0, 0.05) is 17.4 Å². The number of halogens is 1. The summed E-state index contributed by atoms with van der Waals surface area (Å²) in [7, 11) is 0. The highest BCUT2D eigenvalue weighted by Gasteiger charge is 2.20. The highest BCUT2D eigenvalue weighted by molar-refractivity contribution is 6.31. The number of hydrogen-bond donors (Lipinski definition) is 3. The molecule has 2 aromatic heterocycles. The van der Waals surface area contributed by atoms with Crippen LogP contribution in [0.15, 0.2) is 61.1 Å². The van der Waals surface area contributed by atoms with E-state index >= 15 is 0 Å². The molecule has 0 saturated carbocycles. The van der Waals surface area contributed by atoms with Crippen molar-refractivity contribution in [2.24, 2.45) is 5.73 Å². The van der Waals surface area contributed by atoms with Gasteiger partial charge in [0.15, 0.2) is 5.82 Å². The fraction of sp³-hybridized carbons (Fsp3) is 0.111. The lowest BCUT2D eigenvalue weighted by atomic mass is 10.0. The maximum atomic E-state index is 12.4. The predicted octanol–water partition coefficient (Wildman–Crippen LogP) is 2.66. The Labute approximate surface area is 160 Å². The predicted molar refractivity (Wildman–Crippen MR) is 102 cm³/mol. The van der Waals surface area contributed by atoms with E-state index in [9.17, 15) is 9.59 Å². The average Bonchev–Trinajstić information content (AvgIpc) is 3.16. The fourth-order valence-electron chi connectivity index (χ4n) is 2.57. The molecule has 0 radical (unpaired) electrons. The second-order valence-electron chi connectivity index (χ2n) is 5.69. The Morgan fingerprint density at radius 3 is 2.63 bits per heavy atom. The van der Waals surface area contributed by atoms with Crippen molar-refractivity contribution in [3.05, 3.63) is 71.6 Å². The zero-order chi connectivity index (χ0) is 19.2. The average molecular weight is 385 g/mol. The van der Waals surface area contributed by atoms with Crippen molar-refractivity contribution in [3.63, 3.8) is 0 Å².